The van der Waals surface area contributed by atoms with Crippen LogP contribution in [0.1, 0.15) is 67.3 Å². The Labute approximate surface area is 232 Å². The second-order valence-electron chi connectivity index (χ2n) is 10.4. The molecule has 0 spiro atoms. The lowest BCUT2D eigenvalue weighted by atomic mass is 9.85. The van der Waals surface area contributed by atoms with Gasteiger partial charge >= 0.3 is 0 Å². The number of hydrogen-bond acceptors (Lipinski definition) is 6. The predicted molar refractivity (Wildman–Crippen MR) is 152 cm³/mol. The highest BCUT2D eigenvalue weighted by Gasteiger charge is 2.21. The minimum absolute atomic E-state index is 0.0389. The molecule has 1 fully saturated rings. The molecule has 0 saturated heterocycles. The van der Waals surface area contributed by atoms with Crippen LogP contribution in [0.25, 0.3) is 16.9 Å². The molecule has 0 atom stereocenters. The smallest absolute Gasteiger partial charge is 0.201 e. The molecule has 0 bridgehead atoms. The molecule has 208 valence electrons. The number of carbonyl (C=O) groups excluding carboxylic acids is 1. The van der Waals surface area contributed by atoms with Crippen LogP contribution in [0.2, 0.25) is 0 Å². The number of fused-ring (bicyclic) bond motifs is 1. The van der Waals surface area contributed by atoms with Gasteiger partial charge in [0.2, 0.25) is 5.82 Å². The minimum Gasteiger partial charge on any atom is -0.494 e. The molecule has 0 amide bonds. The lowest BCUT2D eigenvalue weighted by molar-refractivity contribution is 0.0998. The molecule has 0 unspecified atom stereocenters. The standard InChI is InChI=1S/C31H33F2N5O2/c1-19-16-21(10-11-22(19)26(39)17-24(34)20-8-6-4-3-5-7-9-20)37-30-31-36-18-25(38(31)15-14-35-30)23-12-13-27(40-2)29(33)28(23)32/h10-16,18,20,34H,3-9,17H2,1-2H3,(H,35,37). The molecular formula is C31H33F2N5O2. The molecule has 2 aromatic carbocycles. The molecule has 1 aliphatic rings. The first-order chi connectivity index (χ1) is 19.4. The number of anilines is 2. The topological polar surface area (TPSA) is 92.4 Å². The van der Waals surface area contributed by atoms with Crippen LogP contribution in [-0.2, 0) is 0 Å². The van der Waals surface area contributed by atoms with Crippen molar-refractivity contribution in [1.82, 2.24) is 14.4 Å². The van der Waals surface area contributed by atoms with Gasteiger partial charge in [-0.25, -0.2) is 14.4 Å². The summed E-state index contributed by atoms with van der Waals surface area (Å²) in [6, 6.07) is 8.26. The SMILES string of the molecule is COc1ccc(-c2cnc3c(Nc4ccc(C(=O)CC(=N)C5CCCCCCC5)c(C)c4)nccn23)c(F)c1F. The Morgan fingerprint density at radius 3 is 2.55 bits per heavy atom. The van der Waals surface area contributed by atoms with Crippen LogP contribution in [0.4, 0.5) is 20.3 Å². The molecule has 2 N–H and O–H groups in total. The van der Waals surface area contributed by atoms with Crippen molar-refractivity contribution in [1.29, 1.82) is 5.41 Å². The maximum absolute atomic E-state index is 14.8. The molecule has 0 aliphatic heterocycles. The van der Waals surface area contributed by atoms with Crippen LogP contribution in [0.5, 0.6) is 5.75 Å². The normalized spacial score (nSPS) is 14.5. The molecule has 5 rings (SSSR count). The molecule has 2 aromatic heterocycles. The quantitative estimate of drug-likeness (QED) is 0.175. The number of benzene rings is 2. The molecule has 1 saturated carbocycles. The van der Waals surface area contributed by atoms with Gasteiger partial charge in [0.25, 0.3) is 0 Å². The summed E-state index contributed by atoms with van der Waals surface area (Å²) in [5.41, 5.74) is 3.50. The molecule has 1 aliphatic carbocycles. The third-order valence-corrected chi connectivity index (χ3v) is 7.71. The van der Waals surface area contributed by atoms with Crippen molar-refractivity contribution in [3.63, 3.8) is 0 Å². The van der Waals surface area contributed by atoms with E-state index in [1.165, 1.54) is 44.7 Å². The second-order valence-corrected chi connectivity index (χ2v) is 10.4. The molecule has 2 heterocycles. The fourth-order valence-corrected chi connectivity index (χ4v) is 5.50. The zero-order valence-electron chi connectivity index (χ0n) is 22.8. The monoisotopic (exact) mass is 545 g/mol. The van der Waals surface area contributed by atoms with E-state index < -0.39 is 11.6 Å². The summed E-state index contributed by atoms with van der Waals surface area (Å²) in [6.07, 6.45) is 12.7. The van der Waals surface area contributed by atoms with Crippen LogP contribution >= 0.6 is 0 Å². The Bertz CT molecular complexity index is 1560. The van der Waals surface area contributed by atoms with Gasteiger partial charge in [-0.1, -0.05) is 32.1 Å². The van der Waals surface area contributed by atoms with E-state index >= 15 is 0 Å². The van der Waals surface area contributed by atoms with Crippen molar-refractivity contribution in [2.45, 2.75) is 58.3 Å². The van der Waals surface area contributed by atoms with Gasteiger partial charge in [-0.05, 0) is 61.6 Å². The number of carbonyl (C=O) groups is 1. The Morgan fingerprint density at radius 1 is 1.07 bits per heavy atom. The first-order valence-corrected chi connectivity index (χ1v) is 13.7. The first kappa shape index (κ1) is 27.4. The van der Waals surface area contributed by atoms with Crippen molar-refractivity contribution in [3.05, 3.63) is 71.7 Å². The number of aryl methyl sites for hydroxylation is 1. The van der Waals surface area contributed by atoms with Crippen molar-refractivity contribution < 1.29 is 18.3 Å². The fourth-order valence-electron chi connectivity index (χ4n) is 5.50. The number of nitrogens with one attached hydrogen (secondary N) is 2. The average molecular weight is 546 g/mol. The number of nitrogens with zero attached hydrogens (tertiary/aromatic N) is 3. The lowest BCUT2D eigenvalue weighted by Gasteiger charge is -2.20. The van der Waals surface area contributed by atoms with Gasteiger partial charge < -0.3 is 15.5 Å². The van der Waals surface area contributed by atoms with Crippen LogP contribution in [0.3, 0.4) is 0 Å². The van der Waals surface area contributed by atoms with E-state index in [0.29, 0.717) is 34.1 Å². The highest BCUT2D eigenvalue weighted by molar-refractivity contribution is 6.10. The predicted octanol–water partition coefficient (Wildman–Crippen LogP) is 7.69. The van der Waals surface area contributed by atoms with E-state index in [1.807, 2.05) is 13.0 Å². The van der Waals surface area contributed by atoms with E-state index in [9.17, 15) is 13.6 Å². The Kier molecular flexibility index (Phi) is 8.19. The molecule has 4 aromatic rings. The molecule has 40 heavy (non-hydrogen) atoms. The van der Waals surface area contributed by atoms with Crippen molar-refractivity contribution in [2.24, 2.45) is 5.92 Å². The van der Waals surface area contributed by atoms with Gasteiger partial charge in [-0.2, -0.15) is 4.39 Å². The number of hydrogen-bond donors (Lipinski definition) is 2. The van der Waals surface area contributed by atoms with Gasteiger partial charge in [0.05, 0.1) is 19.0 Å². The molecule has 9 heteroatoms. The van der Waals surface area contributed by atoms with Crippen molar-refractivity contribution in [3.8, 4) is 17.0 Å². The van der Waals surface area contributed by atoms with E-state index in [2.05, 4.69) is 15.3 Å². The summed E-state index contributed by atoms with van der Waals surface area (Å²) in [4.78, 5) is 21.9. The molecule has 0 radical (unpaired) electrons. The maximum atomic E-state index is 14.8. The number of ether oxygens (including phenoxy) is 1. The lowest BCUT2D eigenvalue weighted by Crippen LogP contribution is -2.19. The van der Waals surface area contributed by atoms with Crippen molar-refractivity contribution >= 4 is 28.6 Å². The van der Waals surface area contributed by atoms with E-state index in [1.54, 1.807) is 28.9 Å². The summed E-state index contributed by atoms with van der Waals surface area (Å²) in [5.74, 6) is -1.67. The number of ketones is 1. The van der Waals surface area contributed by atoms with Crippen molar-refractivity contribution in [2.75, 3.05) is 12.4 Å². The summed E-state index contributed by atoms with van der Waals surface area (Å²) < 4.78 is 35.6. The first-order valence-electron chi connectivity index (χ1n) is 13.7. The average Bonchev–Trinajstić information content (AvgIpc) is 3.35. The van der Waals surface area contributed by atoms with Gasteiger partial charge in [-0.15, -0.1) is 0 Å². The Hall–Kier alpha value is -4.14. The second kappa shape index (κ2) is 11.9. The molecule has 7 nitrogen and oxygen atoms in total. The van der Waals surface area contributed by atoms with Gasteiger partial charge in [0.15, 0.2) is 28.8 Å². The van der Waals surface area contributed by atoms with Gasteiger partial charge in [0, 0.05) is 41.3 Å². The summed E-state index contributed by atoms with van der Waals surface area (Å²) in [6.45, 7) is 1.88. The van der Waals surface area contributed by atoms with E-state index in [4.69, 9.17) is 10.1 Å². The van der Waals surface area contributed by atoms with E-state index in [0.717, 1.165) is 31.2 Å². The highest BCUT2D eigenvalue weighted by Crippen LogP contribution is 2.32. The highest BCUT2D eigenvalue weighted by atomic mass is 19.2. The number of halogens is 2. The number of aromatic nitrogens is 3. The minimum atomic E-state index is -1.06. The molecular weight excluding hydrogens is 512 g/mol. The van der Waals surface area contributed by atoms with Gasteiger partial charge in [0.1, 0.15) is 0 Å². The number of imidazole rings is 1. The third kappa shape index (κ3) is 5.59. The summed E-state index contributed by atoms with van der Waals surface area (Å²) >= 11 is 0. The Balaban J connectivity index is 1.34. The number of Topliss-reactive ketones (excluding diaryl/α,β-unsaturated/α-hetero) is 1. The van der Waals surface area contributed by atoms with Crippen LogP contribution < -0.4 is 10.1 Å². The van der Waals surface area contributed by atoms with Crippen LogP contribution in [0, 0.1) is 29.9 Å². The number of rotatable bonds is 8. The third-order valence-electron chi connectivity index (χ3n) is 7.71. The van der Waals surface area contributed by atoms with Crippen LogP contribution in [0.15, 0.2) is 48.9 Å². The summed E-state index contributed by atoms with van der Waals surface area (Å²) in [5, 5.41) is 11.8. The summed E-state index contributed by atoms with van der Waals surface area (Å²) in [7, 11) is 1.28. The van der Waals surface area contributed by atoms with E-state index in [-0.39, 0.29) is 29.4 Å². The van der Waals surface area contributed by atoms with Crippen LogP contribution in [-0.4, -0.2) is 33.0 Å². The fraction of sp³-hybridized carbons (Fsp3) is 0.355. The zero-order chi connectivity index (χ0) is 28.2. The zero-order valence-corrected chi connectivity index (χ0v) is 22.8. The number of methoxy groups -OCH3 is 1. The van der Waals surface area contributed by atoms with Gasteiger partial charge in [-0.3, -0.25) is 9.20 Å². The largest absolute Gasteiger partial charge is 0.494 e. The maximum Gasteiger partial charge on any atom is 0.201 e. The Morgan fingerprint density at radius 2 is 1.82 bits per heavy atom.